The van der Waals surface area contributed by atoms with Crippen LogP contribution in [0.2, 0.25) is 0 Å². The number of benzene rings is 1. The van der Waals surface area contributed by atoms with Gasteiger partial charge in [0, 0.05) is 6.54 Å². The molecule has 1 rings (SSSR count). The molecule has 0 aliphatic rings. The van der Waals surface area contributed by atoms with Crippen LogP contribution in [-0.4, -0.2) is 11.7 Å². The Bertz CT molecular complexity index is 450. The summed E-state index contributed by atoms with van der Waals surface area (Å²) in [5.41, 5.74) is 1.28. The summed E-state index contributed by atoms with van der Waals surface area (Å²) < 4.78 is 18.4. The van der Waals surface area contributed by atoms with Gasteiger partial charge in [0.25, 0.3) is 0 Å². The molecule has 1 amide bonds. The predicted molar refractivity (Wildman–Crippen MR) is 73.6 cm³/mol. The molecule has 0 aliphatic carbocycles. The van der Waals surface area contributed by atoms with E-state index < -0.39 is 11.7 Å². The Morgan fingerprint density at radius 3 is 2.53 bits per heavy atom. The highest BCUT2D eigenvalue weighted by atomic mass is 19.1. The van der Waals surface area contributed by atoms with Gasteiger partial charge in [0.15, 0.2) is 0 Å². The van der Waals surface area contributed by atoms with E-state index in [0.29, 0.717) is 6.54 Å². The molecule has 0 radical (unpaired) electrons. The molecule has 0 spiro atoms. The summed E-state index contributed by atoms with van der Waals surface area (Å²) in [6.07, 6.45) is -0.466. The van der Waals surface area contributed by atoms with Gasteiger partial charge < -0.3 is 10.1 Å². The minimum Gasteiger partial charge on any atom is -0.444 e. The number of rotatable bonds is 3. The largest absolute Gasteiger partial charge is 0.444 e. The topological polar surface area (TPSA) is 38.3 Å². The fraction of sp³-hybridized carbons (Fsp3) is 0.533. The van der Waals surface area contributed by atoms with Gasteiger partial charge >= 0.3 is 6.09 Å². The average molecular weight is 267 g/mol. The van der Waals surface area contributed by atoms with Gasteiger partial charge in [-0.25, -0.2) is 9.18 Å². The summed E-state index contributed by atoms with van der Waals surface area (Å²) in [5, 5.41) is 2.69. The Hall–Kier alpha value is -1.58. The first-order chi connectivity index (χ1) is 8.69. The molecule has 0 fully saturated rings. The maximum absolute atomic E-state index is 13.2. The Kier molecular flexibility index (Phi) is 4.92. The molecule has 0 aliphatic heterocycles. The van der Waals surface area contributed by atoms with Crippen molar-refractivity contribution >= 4 is 6.09 Å². The van der Waals surface area contributed by atoms with Crippen molar-refractivity contribution in [1.82, 2.24) is 5.32 Å². The molecule has 106 valence electrons. The summed E-state index contributed by atoms with van der Waals surface area (Å²) >= 11 is 0. The number of amides is 1. The summed E-state index contributed by atoms with van der Waals surface area (Å²) in [4.78, 5) is 11.6. The Morgan fingerprint density at radius 2 is 2.00 bits per heavy atom. The van der Waals surface area contributed by atoms with E-state index in [1.807, 2.05) is 34.6 Å². The third-order valence-electron chi connectivity index (χ3n) is 2.55. The van der Waals surface area contributed by atoms with Crippen LogP contribution < -0.4 is 5.32 Å². The van der Waals surface area contributed by atoms with Crippen molar-refractivity contribution in [2.75, 3.05) is 0 Å². The van der Waals surface area contributed by atoms with E-state index in [9.17, 15) is 9.18 Å². The molecule has 0 unspecified atom stereocenters. The van der Waals surface area contributed by atoms with Crippen molar-refractivity contribution in [3.63, 3.8) is 0 Å². The fourth-order valence-electron chi connectivity index (χ4n) is 1.75. The van der Waals surface area contributed by atoms with Gasteiger partial charge in [-0.1, -0.05) is 19.9 Å². The summed E-state index contributed by atoms with van der Waals surface area (Å²) in [7, 11) is 0. The van der Waals surface area contributed by atoms with Crippen molar-refractivity contribution in [3.8, 4) is 0 Å². The van der Waals surface area contributed by atoms with Crippen molar-refractivity contribution in [3.05, 3.63) is 35.1 Å². The van der Waals surface area contributed by atoms with E-state index in [1.165, 1.54) is 12.1 Å². The molecule has 0 atom stereocenters. The monoisotopic (exact) mass is 267 g/mol. The van der Waals surface area contributed by atoms with E-state index in [0.717, 1.165) is 11.1 Å². The minimum atomic E-state index is -0.520. The second-order valence-electron chi connectivity index (χ2n) is 5.85. The SMILES string of the molecule is CC(C)c1cc(F)ccc1CNC(=O)OC(C)(C)C. The molecule has 0 aromatic heterocycles. The molecular weight excluding hydrogens is 245 g/mol. The molecule has 0 heterocycles. The van der Waals surface area contributed by atoms with Crippen LogP contribution in [0.15, 0.2) is 18.2 Å². The second-order valence-corrected chi connectivity index (χ2v) is 5.85. The number of halogens is 1. The van der Waals surface area contributed by atoms with Crippen LogP contribution in [0.1, 0.15) is 51.7 Å². The zero-order valence-corrected chi connectivity index (χ0v) is 12.2. The molecule has 1 aromatic carbocycles. The number of hydrogen-bond acceptors (Lipinski definition) is 2. The number of hydrogen-bond donors (Lipinski definition) is 1. The zero-order chi connectivity index (χ0) is 14.6. The molecule has 0 bridgehead atoms. The first-order valence-corrected chi connectivity index (χ1v) is 6.44. The van der Waals surface area contributed by atoms with E-state index in [-0.39, 0.29) is 11.7 Å². The highest BCUT2D eigenvalue weighted by Gasteiger charge is 2.16. The standard InChI is InChI=1S/C15H22FNO2/c1-10(2)13-8-12(16)7-6-11(13)9-17-14(18)19-15(3,4)5/h6-8,10H,9H2,1-5H3,(H,17,18). The fourth-order valence-corrected chi connectivity index (χ4v) is 1.75. The van der Waals surface area contributed by atoms with Gasteiger partial charge in [0.05, 0.1) is 0 Å². The Morgan fingerprint density at radius 1 is 1.37 bits per heavy atom. The molecule has 1 aromatic rings. The third kappa shape index (κ3) is 5.28. The molecule has 19 heavy (non-hydrogen) atoms. The first kappa shape index (κ1) is 15.5. The first-order valence-electron chi connectivity index (χ1n) is 6.44. The minimum absolute atomic E-state index is 0.200. The highest BCUT2D eigenvalue weighted by Crippen LogP contribution is 2.20. The van der Waals surface area contributed by atoms with Gasteiger partial charge in [-0.2, -0.15) is 0 Å². The van der Waals surface area contributed by atoms with Crippen LogP contribution in [0.5, 0.6) is 0 Å². The zero-order valence-electron chi connectivity index (χ0n) is 12.2. The number of nitrogens with one attached hydrogen (secondary N) is 1. The third-order valence-corrected chi connectivity index (χ3v) is 2.55. The van der Waals surface area contributed by atoms with E-state index in [2.05, 4.69) is 5.32 Å². The van der Waals surface area contributed by atoms with Crippen molar-refractivity contribution in [1.29, 1.82) is 0 Å². The maximum atomic E-state index is 13.2. The van der Waals surface area contributed by atoms with Crippen LogP contribution >= 0.6 is 0 Å². The normalized spacial score (nSPS) is 11.5. The van der Waals surface area contributed by atoms with Gasteiger partial charge in [0.2, 0.25) is 0 Å². The van der Waals surface area contributed by atoms with Crippen LogP contribution in [0, 0.1) is 5.82 Å². The Labute approximate surface area is 114 Å². The lowest BCUT2D eigenvalue weighted by Gasteiger charge is -2.20. The summed E-state index contributed by atoms with van der Waals surface area (Å²) in [6.45, 7) is 9.75. The van der Waals surface area contributed by atoms with Crippen LogP contribution in [-0.2, 0) is 11.3 Å². The van der Waals surface area contributed by atoms with E-state index >= 15 is 0 Å². The number of carbonyl (C=O) groups is 1. The lowest BCUT2D eigenvalue weighted by Crippen LogP contribution is -2.32. The number of carbonyl (C=O) groups excluding carboxylic acids is 1. The molecule has 0 saturated carbocycles. The van der Waals surface area contributed by atoms with Crippen LogP contribution in [0.3, 0.4) is 0 Å². The molecule has 0 saturated heterocycles. The molecular formula is C15H22FNO2. The lowest BCUT2D eigenvalue weighted by atomic mass is 9.97. The predicted octanol–water partition coefficient (Wildman–Crippen LogP) is 3.97. The number of alkyl carbamates (subject to hydrolysis) is 1. The lowest BCUT2D eigenvalue weighted by molar-refractivity contribution is 0.0523. The highest BCUT2D eigenvalue weighted by molar-refractivity contribution is 5.67. The van der Waals surface area contributed by atoms with Crippen molar-refractivity contribution in [2.24, 2.45) is 0 Å². The quantitative estimate of drug-likeness (QED) is 0.899. The van der Waals surface area contributed by atoms with Crippen molar-refractivity contribution in [2.45, 2.75) is 52.7 Å². The van der Waals surface area contributed by atoms with Gasteiger partial charge in [-0.05, 0) is 49.9 Å². The van der Waals surface area contributed by atoms with Crippen molar-refractivity contribution < 1.29 is 13.9 Å². The molecule has 3 nitrogen and oxygen atoms in total. The van der Waals surface area contributed by atoms with Crippen LogP contribution in [0.4, 0.5) is 9.18 Å². The van der Waals surface area contributed by atoms with Gasteiger partial charge in [0.1, 0.15) is 11.4 Å². The maximum Gasteiger partial charge on any atom is 0.407 e. The average Bonchev–Trinajstić information content (AvgIpc) is 2.24. The second kappa shape index (κ2) is 6.04. The van der Waals surface area contributed by atoms with Gasteiger partial charge in [-0.3, -0.25) is 0 Å². The van der Waals surface area contributed by atoms with Crippen LogP contribution in [0.25, 0.3) is 0 Å². The van der Waals surface area contributed by atoms with E-state index in [4.69, 9.17) is 4.74 Å². The Balaban J connectivity index is 2.70. The summed E-state index contributed by atoms with van der Waals surface area (Å²) in [6, 6.07) is 4.61. The number of ether oxygens (including phenoxy) is 1. The van der Waals surface area contributed by atoms with Gasteiger partial charge in [-0.15, -0.1) is 0 Å². The summed E-state index contributed by atoms with van der Waals surface area (Å²) in [5.74, 6) is -0.0594. The smallest absolute Gasteiger partial charge is 0.407 e. The molecule has 4 heteroatoms. The molecule has 1 N–H and O–H groups in total. The van der Waals surface area contributed by atoms with E-state index in [1.54, 1.807) is 6.07 Å².